The van der Waals surface area contributed by atoms with Crippen LogP contribution in [0.1, 0.15) is 12.5 Å². The topological polar surface area (TPSA) is 78.4 Å². The van der Waals surface area contributed by atoms with Crippen LogP contribution in [0.25, 0.3) is 0 Å². The van der Waals surface area contributed by atoms with Crippen molar-refractivity contribution in [3.8, 4) is 5.75 Å². The summed E-state index contributed by atoms with van der Waals surface area (Å²) in [4.78, 5) is 0. The minimum absolute atomic E-state index is 0.121. The van der Waals surface area contributed by atoms with E-state index in [0.717, 1.165) is 0 Å². The van der Waals surface area contributed by atoms with Gasteiger partial charge in [0.15, 0.2) is 0 Å². The molecule has 0 bridgehead atoms. The van der Waals surface area contributed by atoms with Crippen LogP contribution in [0.4, 0.5) is 0 Å². The second-order valence-corrected chi connectivity index (χ2v) is 4.58. The highest BCUT2D eigenvalue weighted by atomic mass is 32.2. The van der Waals surface area contributed by atoms with E-state index in [-0.39, 0.29) is 12.3 Å². The van der Waals surface area contributed by atoms with Gasteiger partial charge in [0, 0.05) is 13.1 Å². The van der Waals surface area contributed by atoms with Crippen molar-refractivity contribution < 1.29 is 13.5 Å². The maximum Gasteiger partial charge on any atom is 0.277 e. The number of aromatic hydroxyl groups is 1. The zero-order chi connectivity index (χ0) is 11.3. The normalized spacial score (nSPS) is 11.5. The number of hydrogen-bond acceptors (Lipinski definition) is 3. The predicted molar refractivity (Wildman–Crippen MR) is 57.5 cm³/mol. The number of benzene rings is 1. The molecule has 0 saturated carbocycles. The lowest BCUT2D eigenvalue weighted by Gasteiger charge is -2.06. The smallest absolute Gasteiger partial charge is 0.277 e. The Morgan fingerprint density at radius 2 is 2.07 bits per heavy atom. The van der Waals surface area contributed by atoms with Gasteiger partial charge in [-0.25, -0.2) is 4.72 Å². The summed E-state index contributed by atoms with van der Waals surface area (Å²) in [6.45, 7) is 2.20. The van der Waals surface area contributed by atoms with Gasteiger partial charge in [0.05, 0.1) is 0 Å². The van der Waals surface area contributed by atoms with Gasteiger partial charge in [-0.1, -0.05) is 19.1 Å². The minimum atomic E-state index is -3.42. The molecule has 0 fully saturated rings. The van der Waals surface area contributed by atoms with E-state index in [9.17, 15) is 8.42 Å². The van der Waals surface area contributed by atoms with E-state index >= 15 is 0 Å². The maximum atomic E-state index is 11.2. The lowest BCUT2D eigenvalue weighted by molar-refractivity contribution is 0.474. The highest BCUT2D eigenvalue weighted by Gasteiger charge is 2.06. The molecule has 3 N–H and O–H groups in total. The van der Waals surface area contributed by atoms with Crippen LogP contribution >= 0.6 is 0 Å². The largest absolute Gasteiger partial charge is 0.508 e. The predicted octanol–water partition coefficient (Wildman–Crippen LogP) is 0.336. The standard InChI is InChI=1S/C9H14N2O3S/c1-2-10-15(13,14)11-7-8-4-3-5-9(12)6-8/h3-6,10-12H,2,7H2,1H3. The van der Waals surface area contributed by atoms with Crippen LogP contribution in [0, 0.1) is 0 Å². The number of hydrogen-bond donors (Lipinski definition) is 3. The van der Waals surface area contributed by atoms with Gasteiger partial charge < -0.3 is 5.11 Å². The highest BCUT2D eigenvalue weighted by molar-refractivity contribution is 7.87. The molecule has 0 heterocycles. The van der Waals surface area contributed by atoms with Gasteiger partial charge >= 0.3 is 0 Å². The average Bonchev–Trinajstić information content (AvgIpc) is 2.15. The molecule has 0 unspecified atom stereocenters. The third kappa shape index (κ3) is 4.28. The molecule has 1 rings (SSSR count). The molecule has 0 aliphatic carbocycles. The number of rotatable bonds is 5. The molecule has 0 aliphatic heterocycles. The quantitative estimate of drug-likeness (QED) is 0.682. The molecule has 0 spiro atoms. The molecule has 0 atom stereocenters. The van der Waals surface area contributed by atoms with Crippen LogP contribution in [0.15, 0.2) is 24.3 Å². The van der Waals surface area contributed by atoms with Gasteiger partial charge in [0.2, 0.25) is 0 Å². The second kappa shape index (κ2) is 5.11. The second-order valence-electron chi connectivity index (χ2n) is 2.99. The van der Waals surface area contributed by atoms with Crippen molar-refractivity contribution in [2.24, 2.45) is 0 Å². The molecule has 84 valence electrons. The third-order valence-electron chi connectivity index (χ3n) is 1.71. The summed E-state index contributed by atoms with van der Waals surface area (Å²) in [7, 11) is -3.42. The molecule has 1 aromatic carbocycles. The Bertz CT molecular complexity index is 417. The summed E-state index contributed by atoms with van der Waals surface area (Å²) < 4.78 is 27.1. The Morgan fingerprint density at radius 3 is 2.67 bits per heavy atom. The van der Waals surface area contributed by atoms with Crippen molar-refractivity contribution >= 4 is 10.2 Å². The fourth-order valence-electron chi connectivity index (χ4n) is 1.09. The van der Waals surface area contributed by atoms with Crippen LogP contribution < -0.4 is 9.44 Å². The average molecular weight is 230 g/mol. The summed E-state index contributed by atoms with van der Waals surface area (Å²) in [5.41, 5.74) is 0.705. The molecular weight excluding hydrogens is 216 g/mol. The first-order chi connectivity index (χ1) is 7.03. The van der Waals surface area contributed by atoms with Gasteiger partial charge in [-0.3, -0.25) is 0 Å². The van der Waals surface area contributed by atoms with Crippen LogP contribution in [-0.4, -0.2) is 20.1 Å². The highest BCUT2D eigenvalue weighted by Crippen LogP contribution is 2.10. The van der Waals surface area contributed by atoms with Crippen molar-refractivity contribution in [3.63, 3.8) is 0 Å². The fraction of sp³-hybridized carbons (Fsp3) is 0.333. The first-order valence-corrected chi connectivity index (χ1v) is 6.04. The Morgan fingerprint density at radius 1 is 1.33 bits per heavy atom. The maximum absolute atomic E-state index is 11.2. The molecule has 5 nitrogen and oxygen atoms in total. The molecule has 15 heavy (non-hydrogen) atoms. The van der Waals surface area contributed by atoms with E-state index in [4.69, 9.17) is 5.11 Å². The van der Waals surface area contributed by atoms with Crippen LogP contribution in [-0.2, 0) is 16.8 Å². The van der Waals surface area contributed by atoms with E-state index in [1.54, 1.807) is 19.1 Å². The first kappa shape index (κ1) is 12.0. The molecule has 0 saturated heterocycles. The summed E-state index contributed by atoms with van der Waals surface area (Å²) in [5.74, 6) is 0.121. The zero-order valence-electron chi connectivity index (χ0n) is 8.40. The van der Waals surface area contributed by atoms with Gasteiger partial charge in [-0.2, -0.15) is 13.1 Å². The van der Waals surface area contributed by atoms with E-state index in [0.29, 0.717) is 12.1 Å². The van der Waals surface area contributed by atoms with E-state index in [1.165, 1.54) is 12.1 Å². The van der Waals surface area contributed by atoms with Crippen molar-refractivity contribution in [2.75, 3.05) is 6.54 Å². The van der Waals surface area contributed by atoms with Gasteiger partial charge in [-0.15, -0.1) is 0 Å². The molecule has 0 aliphatic rings. The number of phenolic OH excluding ortho intramolecular Hbond substituents is 1. The third-order valence-corrected chi connectivity index (χ3v) is 2.90. The van der Waals surface area contributed by atoms with Crippen molar-refractivity contribution in [1.29, 1.82) is 0 Å². The zero-order valence-corrected chi connectivity index (χ0v) is 9.21. The minimum Gasteiger partial charge on any atom is -0.508 e. The Hall–Kier alpha value is -1.11. The molecule has 0 aromatic heterocycles. The Kier molecular flexibility index (Phi) is 4.07. The van der Waals surface area contributed by atoms with Crippen LogP contribution in [0.3, 0.4) is 0 Å². The molecule has 0 radical (unpaired) electrons. The molecule has 0 amide bonds. The van der Waals surface area contributed by atoms with Gasteiger partial charge in [-0.05, 0) is 17.7 Å². The number of nitrogens with one attached hydrogen (secondary N) is 2. The van der Waals surface area contributed by atoms with Crippen LogP contribution in [0.5, 0.6) is 5.75 Å². The Balaban J connectivity index is 2.58. The van der Waals surface area contributed by atoms with Gasteiger partial charge in [0.25, 0.3) is 10.2 Å². The summed E-state index contributed by atoms with van der Waals surface area (Å²) >= 11 is 0. The monoisotopic (exact) mass is 230 g/mol. The fourth-order valence-corrected chi connectivity index (χ4v) is 1.92. The summed E-state index contributed by atoms with van der Waals surface area (Å²) in [5, 5.41) is 9.15. The lowest BCUT2D eigenvalue weighted by atomic mass is 10.2. The summed E-state index contributed by atoms with van der Waals surface area (Å²) in [6.07, 6.45) is 0. The SMILES string of the molecule is CCNS(=O)(=O)NCc1cccc(O)c1. The molecule has 6 heteroatoms. The first-order valence-electron chi connectivity index (χ1n) is 4.55. The van der Waals surface area contributed by atoms with Gasteiger partial charge in [0.1, 0.15) is 5.75 Å². The molecule has 1 aromatic rings. The number of phenols is 1. The van der Waals surface area contributed by atoms with E-state index < -0.39 is 10.2 Å². The van der Waals surface area contributed by atoms with Crippen molar-refractivity contribution in [2.45, 2.75) is 13.5 Å². The van der Waals surface area contributed by atoms with Crippen molar-refractivity contribution in [3.05, 3.63) is 29.8 Å². The lowest BCUT2D eigenvalue weighted by Crippen LogP contribution is -2.35. The summed E-state index contributed by atoms with van der Waals surface area (Å²) in [6, 6.07) is 6.43. The van der Waals surface area contributed by atoms with E-state index in [1.807, 2.05) is 0 Å². The van der Waals surface area contributed by atoms with Crippen LogP contribution in [0.2, 0.25) is 0 Å². The molecular formula is C9H14N2O3S. The Labute approximate surface area is 89.3 Å². The van der Waals surface area contributed by atoms with Crippen molar-refractivity contribution in [1.82, 2.24) is 9.44 Å². The van der Waals surface area contributed by atoms with E-state index in [2.05, 4.69) is 9.44 Å².